The van der Waals surface area contributed by atoms with Crippen LogP contribution in [-0.4, -0.2) is 36.7 Å². The Morgan fingerprint density at radius 2 is 2.21 bits per heavy atom. The lowest BCUT2D eigenvalue weighted by Crippen LogP contribution is -2.40. The molecule has 1 atom stereocenters. The predicted molar refractivity (Wildman–Crippen MR) is 66.4 cm³/mol. The largest absolute Gasteiger partial charge is 0.480 e. The zero-order chi connectivity index (χ0) is 14.3. The summed E-state index contributed by atoms with van der Waals surface area (Å²) >= 11 is 0. The Morgan fingerprint density at radius 3 is 2.79 bits per heavy atom. The van der Waals surface area contributed by atoms with Crippen LogP contribution in [0.15, 0.2) is 24.3 Å². The van der Waals surface area contributed by atoms with Crippen LogP contribution in [0, 0.1) is 5.82 Å². The van der Waals surface area contributed by atoms with Crippen molar-refractivity contribution < 1.29 is 23.8 Å². The molecule has 1 aromatic carbocycles. The van der Waals surface area contributed by atoms with Crippen molar-refractivity contribution in [2.75, 3.05) is 13.7 Å². The molecule has 6 heteroatoms. The fourth-order valence-electron chi connectivity index (χ4n) is 1.56. The Kier molecular flexibility index (Phi) is 5.95. The number of aliphatic carboxylic acids is 1. The summed E-state index contributed by atoms with van der Waals surface area (Å²) in [5.41, 5.74) is 0.0954. The number of nitrogens with one attached hydrogen (secondary N) is 1. The molecule has 2 N–H and O–H groups in total. The van der Waals surface area contributed by atoms with Crippen LogP contribution >= 0.6 is 0 Å². The van der Waals surface area contributed by atoms with E-state index in [2.05, 4.69) is 5.32 Å². The maximum Gasteiger partial charge on any atom is 0.326 e. The third-order valence-corrected chi connectivity index (χ3v) is 2.53. The van der Waals surface area contributed by atoms with E-state index in [0.717, 1.165) is 6.07 Å². The van der Waals surface area contributed by atoms with Crippen molar-refractivity contribution in [3.8, 4) is 0 Å². The number of hydrogen-bond donors (Lipinski definition) is 2. The molecule has 0 aliphatic rings. The molecule has 104 valence electrons. The monoisotopic (exact) mass is 269 g/mol. The quantitative estimate of drug-likeness (QED) is 0.734. The molecule has 0 aromatic heterocycles. The summed E-state index contributed by atoms with van der Waals surface area (Å²) in [4.78, 5) is 22.8. The molecule has 1 aromatic rings. The highest BCUT2D eigenvalue weighted by Gasteiger charge is 2.20. The second kappa shape index (κ2) is 7.48. The van der Waals surface area contributed by atoms with Gasteiger partial charge in [-0.05, 0) is 31.0 Å². The van der Waals surface area contributed by atoms with Crippen molar-refractivity contribution >= 4 is 11.9 Å². The minimum Gasteiger partial charge on any atom is -0.480 e. The number of carboxylic acids is 1. The maximum atomic E-state index is 13.0. The van der Waals surface area contributed by atoms with Gasteiger partial charge in [0.15, 0.2) is 0 Å². The average molecular weight is 269 g/mol. The van der Waals surface area contributed by atoms with Crippen molar-refractivity contribution in [2.45, 2.75) is 18.9 Å². The third kappa shape index (κ3) is 5.05. The summed E-state index contributed by atoms with van der Waals surface area (Å²) in [6, 6.07) is 4.08. The topological polar surface area (TPSA) is 75.6 Å². The fourth-order valence-corrected chi connectivity index (χ4v) is 1.56. The zero-order valence-electron chi connectivity index (χ0n) is 10.6. The van der Waals surface area contributed by atoms with Crippen molar-refractivity contribution in [1.29, 1.82) is 0 Å². The summed E-state index contributed by atoms with van der Waals surface area (Å²) in [5.74, 6) is -2.27. The molecular formula is C13H16FNO4. The van der Waals surface area contributed by atoms with Gasteiger partial charge in [-0.1, -0.05) is 6.07 Å². The van der Waals surface area contributed by atoms with Gasteiger partial charge in [-0.25, -0.2) is 9.18 Å². The number of ether oxygens (including phenoxy) is 1. The van der Waals surface area contributed by atoms with E-state index in [1.165, 1.54) is 25.3 Å². The van der Waals surface area contributed by atoms with E-state index in [1.807, 2.05) is 0 Å². The molecule has 0 aliphatic carbocycles. The molecule has 19 heavy (non-hydrogen) atoms. The van der Waals surface area contributed by atoms with E-state index < -0.39 is 23.7 Å². The molecule has 1 unspecified atom stereocenters. The van der Waals surface area contributed by atoms with Gasteiger partial charge in [0.25, 0.3) is 5.91 Å². The average Bonchev–Trinajstić information content (AvgIpc) is 2.37. The molecule has 0 saturated heterocycles. The Bertz CT molecular complexity index is 450. The lowest BCUT2D eigenvalue weighted by atomic mass is 10.1. The molecule has 5 nitrogen and oxygen atoms in total. The number of halogens is 1. The van der Waals surface area contributed by atoms with Crippen molar-refractivity contribution in [3.05, 3.63) is 35.6 Å². The number of hydrogen-bond acceptors (Lipinski definition) is 3. The lowest BCUT2D eigenvalue weighted by molar-refractivity contribution is -0.139. The highest BCUT2D eigenvalue weighted by atomic mass is 19.1. The third-order valence-electron chi connectivity index (χ3n) is 2.53. The number of amides is 1. The molecule has 0 aliphatic heterocycles. The molecule has 0 bridgehead atoms. The van der Waals surface area contributed by atoms with Gasteiger partial charge in [0.2, 0.25) is 0 Å². The van der Waals surface area contributed by atoms with Crippen molar-refractivity contribution in [3.63, 3.8) is 0 Å². The van der Waals surface area contributed by atoms with E-state index >= 15 is 0 Å². The summed E-state index contributed by atoms with van der Waals surface area (Å²) in [7, 11) is 1.51. The maximum absolute atomic E-state index is 13.0. The molecule has 1 rings (SSSR count). The predicted octanol–water partition coefficient (Wildman–Crippen LogP) is 1.44. The number of carbonyl (C=O) groups excluding carboxylic acids is 1. The van der Waals surface area contributed by atoms with E-state index in [0.29, 0.717) is 13.0 Å². The van der Waals surface area contributed by atoms with E-state index in [9.17, 15) is 14.0 Å². The van der Waals surface area contributed by atoms with Crippen LogP contribution in [0.4, 0.5) is 4.39 Å². The van der Waals surface area contributed by atoms with Gasteiger partial charge >= 0.3 is 5.97 Å². The van der Waals surface area contributed by atoms with E-state index in [-0.39, 0.29) is 12.0 Å². The Labute approximate surface area is 110 Å². The number of rotatable bonds is 7. The molecule has 0 heterocycles. The van der Waals surface area contributed by atoms with E-state index in [4.69, 9.17) is 9.84 Å². The highest BCUT2D eigenvalue weighted by Crippen LogP contribution is 2.05. The van der Waals surface area contributed by atoms with Gasteiger partial charge in [0, 0.05) is 19.3 Å². The Hall–Kier alpha value is -1.95. The summed E-state index contributed by atoms with van der Waals surface area (Å²) < 4.78 is 17.8. The first kappa shape index (κ1) is 15.1. The molecular weight excluding hydrogens is 253 g/mol. The van der Waals surface area contributed by atoms with Gasteiger partial charge in [0.05, 0.1) is 0 Å². The minimum atomic E-state index is -1.12. The Morgan fingerprint density at radius 1 is 1.47 bits per heavy atom. The first-order chi connectivity index (χ1) is 9.04. The smallest absolute Gasteiger partial charge is 0.326 e. The van der Waals surface area contributed by atoms with Crippen LogP contribution in [0.1, 0.15) is 23.2 Å². The first-order valence-electron chi connectivity index (χ1n) is 5.82. The number of methoxy groups -OCH3 is 1. The van der Waals surface area contributed by atoms with Crippen LogP contribution < -0.4 is 5.32 Å². The van der Waals surface area contributed by atoms with Crippen molar-refractivity contribution in [1.82, 2.24) is 5.32 Å². The zero-order valence-corrected chi connectivity index (χ0v) is 10.6. The standard InChI is InChI=1S/C13H16FNO4/c1-19-7-3-6-11(13(17)18)15-12(16)9-4-2-5-10(14)8-9/h2,4-5,8,11H,3,6-7H2,1H3,(H,15,16)(H,17,18). The molecule has 0 saturated carbocycles. The lowest BCUT2D eigenvalue weighted by Gasteiger charge is -2.14. The van der Waals surface area contributed by atoms with E-state index in [1.54, 1.807) is 0 Å². The summed E-state index contributed by atoms with van der Waals surface area (Å²) in [6.07, 6.45) is 0.765. The molecule has 0 radical (unpaired) electrons. The second-order valence-corrected chi connectivity index (χ2v) is 4.01. The Balaban J connectivity index is 2.63. The van der Waals surface area contributed by atoms with Gasteiger partial charge in [-0.15, -0.1) is 0 Å². The first-order valence-corrected chi connectivity index (χ1v) is 5.82. The SMILES string of the molecule is COCCCC(NC(=O)c1cccc(F)c1)C(=O)O. The van der Waals surface area contributed by atoms with Gasteiger partial charge in [-0.3, -0.25) is 4.79 Å². The molecule has 1 amide bonds. The highest BCUT2D eigenvalue weighted by molar-refractivity contribution is 5.96. The fraction of sp³-hybridized carbons (Fsp3) is 0.385. The van der Waals surface area contributed by atoms with Crippen LogP contribution in [-0.2, 0) is 9.53 Å². The van der Waals surface area contributed by atoms with Crippen LogP contribution in [0.2, 0.25) is 0 Å². The van der Waals surface area contributed by atoms with Crippen LogP contribution in [0.25, 0.3) is 0 Å². The van der Waals surface area contributed by atoms with Crippen molar-refractivity contribution in [2.24, 2.45) is 0 Å². The van der Waals surface area contributed by atoms with Gasteiger partial charge in [-0.2, -0.15) is 0 Å². The van der Waals surface area contributed by atoms with Crippen LogP contribution in [0.3, 0.4) is 0 Å². The number of carboxylic acid groups (broad SMARTS) is 1. The summed E-state index contributed by atoms with van der Waals surface area (Å²) in [5, 5.41) is 11.4. The van der Waals surface area contributed by atoms with Gasteiger partial charge in [0.1, 0.15) is 11.9 Å². The van der Waals surface area contributed by atoms with Crippen LogP contribution in [0.5, 0.6) is 0 Å². The number of carbonyl (C=O) groups is 2. The van der Waals surface area contributed by atoms with Gasteiger partial charge < -0.3 is 15.2 Å². The molecule has 0 fully saturated rings. The minimum absolute atomic E-state index is 0.0954. The second-order valence-electron chi connectivity index (χ2n) is 4.01. The summed E-state index contributed by atoms with van der Waals surface area (Å²) in [6.45, 7) is 0.416. The molecule has 0 spiro atoms. The number of benzene rings is 1. The normalized spacial score (nSPS) is 11.9.